The van der Waals surface area contributed by atoms with Crippen LogP contribution in [0.4, 0.5) is 0 Å². The molecule has 132 valence electrons. The number of hydrogen-bond donors (Lipinski definition) is 2. The normalized spacial score (nSPS) is 20.0. The summed E-state index contributed by atoms with van der Waals surface area (Å²) in [6.07, 6.45) is 4.60. The Hall–Kier alpha value is -1.16. The summed E-state index contributed by atoms with van der Waals surface area (Å²) in [7, 11) is -0.232. The molecule has 23 heavy (non-hydrogen) atoms. The maximum absolute atomic E-state index is 12.4. The van der Waals surface area contributed by atoms with Crippen molar-refractivity contribution in [3.05, 3.63) is 12.4 Å². The predicted molar refractivity (Wildman–Crippen MR) is 88.9 cm³/mol. The summed E-state index contributed by atoms with van der Waals surface area (Å²) >= 11 is 0. The molecule has 0 bridgehead atoms. The molecular weight excluding hydrogens is 342 g/mol. The first-order valence-electron chi connectivity index (χ1n) is 7.30. The van der Waals surface area contributed by atoms with E-state index in [4.69, 9.17) is 0 Å². The van der Waals surface area contributed by atoms with Gasteiger partial charge in [-0.3, -0.25) is 9.48 Å². The van der Waals surface area contributed by atoms with Gasteiger partial charge in [-0.05, 0) is 26.8 Å². The summed E-state index contributed by atoms with van der Waals surface area (Å²) in [5.74, 6) is -0.201. The molecule has 8 nitrogen and oxygen atoms in total. The van der Waals surface area contributed by atoms with Crippen molar-refractivity contribution in [2.24, 2.45) is 7.05 Å². The lowest BCUT2D eigenvalue weighted by Gasteiger charge is -2.34. The van der Waals surface area contributed by atoms with Gasteiger partial charge in [-0.15, -0.1) is 12.4 Å². The van der Waals surface area contributed by atoms with Crippen molar-refractivity contribution in [3.63, 3.8) is 0 Å². The largest absolute Gasteiger partial charge is 0.340 e. The van der Waals surface area contributed by atoms with Crippen LogP contribution in [0.15, 0.2) is 17.3 Å². The molecule has 1 aromatic heterocycles. The molecule has 10 heteroatoms. The fourth-order valence-electron chi connectivity index (χ4n) is 2.58. The summed E-state index contributed by atoms with van der Waals surface area (Å²) in [6, 6.07) is -0.541. The zero-order valence-electron chi connectivity index (χ0n) is 13.5. The molecule has 0 aliphatic carbocycles. The smallest absolute Gasteiger partial charge is 0.244 e. The van der Waals surface area contributed by atoms with Crippen LogP contribution in [0.1, 0.15) is 19.8 Å². The molecule has 2 unspecified atom stereocenters. The first kappa shape index (κ1) is 19.9. The number of piperidine rings is 1. The monoisotopic (exact) mass is 365 g/mol. The van der Waals surface area contributed by atoms with E-state index in [1.807, 2.05) is 7.05 Å². The average Bonchev–Trinajstić information content (AvgIpc) is 2.93. The minimum absolute atomic E-state index is 0. The average molecular weight is 366 g/mol. The quantitative estimate of drug-likeness (QED) is 0.748. The minimum Gasteiger partial charge on any atom is -0.340 e. The van der Waals surface area contributed by atoms with Gasteiger partial charge in [0.1, 0.15) is 4.90 Å². The number of aryl methyl sites for hydroxylation is 1. The molecule has 0 radical (unpaired) electrons. The van der Waals surface area contributed by atoms with Crippen LogP contribution in [-0.4, -0.2) is 61.2 Å². The fourth-order valence-corrected chi connectivity index (χ4v) is 3.76. The molecule has 0 aromatic carbocycles. The zero-order valence-corrected chi connectivity index (χ0v) is 15.2. The first-order chi connectivity index (χ1) is 10.3. The number of amides is 1. The van der Waals surface area contributed by atoms with Gasteiger partial charge in [0, 0.05) is 32.4 Å². The fraction of sp³-hybridized carbons (Fsp3) is 0.692. The molecule has 2 rings (SSSR count). The van der Waals surface area contributed by atoms with Crippen molar-refractivity contribution >= 4 is 28.3 Å². The molecule has 1 aliphatic heterocycles. The summed E-state index contributed by atoms with van der Waals surface area (Å²) < 4.78 is 28.3. The molecule has 2 atom stereocenters. The second-order valence-electron chi connectivity index (χ2n) is 5.60. The Morgan fingerprint density at radius 2 is 2.17 bits per heavy atom. The molecule has 2 heterocycles. The molecule has 0 spiro atoms. The molecule has 2 N–H and O–H groups in total. The van der Waals surface area contributed by atoms with E-state index in [0.717, 1.165) is 12.8 Å². The number of sulfonamides is 1. The molecule has 1 amide bonds. The molecule has 0 saturated carbocycles. The van der Waals surface area contributed by atoms with Gasteiger partial charge in [-0.25, -0.2) is 8.42 Å². The Balaban J connectivity index is 0.00000264. The van der Waals surface area contributed by atoms with Crippen molar-refractivity contribution in [2.75, 3.05) is 20.1 Å². The van der Waals surface area contributed by atoms with Gasteiger partial charge in [0.15, 0.2) is 0 Å². The van der Waals surface area contributed by atoms with E-state index in [9.17, 15) is 13.2 Å². The highest BCUT2D eigenvalue weighted by Gasteiger charge is 2.29. The predicted octanol–water partition coefficient (Wildman–Crippen LogP) is -0.281. The van der Waals surface area contributed by atoms with Crippen molar-refractivity contribution < 1.29 is 13.2 Å². The van der Waals surface area contributed by atoms with E-state index in [0.29, 0.717) is 13.1 Å². The summed E-state index contributed by atoms with van der Waals surface area (Å²) in [5.41, 5.74) is 0. The van der Waals surface area contributed by atoms with E-state index < -0.39 is 16.1 Å². The number of nitrogens with zero attached hydrogens (tertiary/aromatic N) is 3. The Kier molecular flexibility index (Phi) is 7.00. The Bertz CT molecular complexity index is 633. The number of rotatable bonds is 5. The zero-order chi connectivity index (χ0) is 16.3. The molecular formula is C13H24ClN5O3S. The van der Waals surface area contributed by atoms with Gasteiger partial charge in [0.25, 0.3) is 0 Å². The lowest BCUT2D eigenvalue weighted by atomic mass is 10.1. The highest BCUT2D eigenvalue weighted by atomic mass is 35.5. The van der Waals surface area contributed by atoms with Gasteiger partial charge in [0.05, 0.1) is 12.2 Å². The van der Waals surface area contributed by atoms with Crippen LogP contribution in [0.25, 0.3) is 0 Å². The van der Waals surface area contributed by atoms with Crippen LogP contribution in [-0.2, 0) is 21.9 Å². The van der Waals surface area contributed by atoms with Crippen LogP contribution in [0.5, 0.6) is 0 Å². The number of nitrogens with one attached hydrogen (secondary N) is 2. The number of likely N-dealkylation sites (N-methyl/N-ethyl adjacent to an activating group) is 1. The number of carbonyl (C=O) groups excluding carboxylic acids is 1. The number of halogens is 1. The van der Waals surface area contributed by atoms with E-state index in [1.54, 1.807) is 18.9 Å². The van der Waals surface area contributed by atoms with Crippen LogP contribution in [0.2, 0.25) is 0 Å². The van der Waals surface area contributed by atoms with Crippen LogP contribution < -0.4 is 10.0 Å². The van der Waals surface area contributed by atoms with Gasteiger partial charge >= 0.3 is 0 Å². The molecule has 1 aliphatic rings. The summed E-state index contributed by atoms with van der Waals surface area (Å²) in [5, 5.41) is 7.00. The molecule has 1 aromatic rings. The third-order valence-electron chi connectivity index (χ3n) is 3.84. The molecule has 1 saturated heterocycles. The SMILES string of the molecule is CNC1CCCN(C(=O)C(C)NS(=O)(=O)c2cnn(C)c2)C1.Cl. The second kappa shape index (κ2) is 8.09. The van der Waals surface area contributed by atoms with E-state index in [1.165, 1.54) is 17.1 Å². The maximum Gasteiger partial charge on any atom is 0.244 e. The highest BCUT2D eigenvalue weighted by molar-refractivity contribution is 7.89. The number of hydrogen-bond acceptors (Lipinski definition) is 5. The molecule has 1 fully saturated rings. The van der Waals surface area contributed by atoms with Crippen molar-refractivity contribution in [1.29, 1.82) is 0 Å². The van der Waals surface area contributed by atoms with Crippen molar-refractivity contribution in [3.8, 4) is 0 Å². The number of carbonyl (C=O) groups is 1. The van der Waals surface area contributed by atoms with E-state index in [2.05, 4.69) is 15.1 Å². The van der Waals surface area contributed by atoms with Gasteiger partial charge in [-0.2, -0.15) is 9.82 Å². The van der Waals surface area contributed by atoms with E-state index in [-0.39, 0.29) is 29.3 Å². The second-order valence-corrected chi connectivity index (χ2v) is 7.32. The standard InChI is InChI=1S/C13H23N5O3S.ClH/c1-10(13(19)18-6-4-5-11(8-18)14-2)16-22(20,21)12-7-15-17(3)9-12;/h7,9-11,14,16H,4-6,8H2,1-3H3;1H. The lowest BCUT2D eigenvalue weighted by molar-refractivity contribution is -0.133. The maximum atomic E-state index is 12.4. The van der Waals surface area contributed by atoms with Crippen molar-refractivity contribution in [1.82, 2.24) is 24.7 Å². The highest BCUT2D eigenvalue weighted by Crippen LogP contribution is 2.12. The van der Waals surface area contributed by atoms with Crippen LogP contribution in [0, 0.1) is 0 Å². The van der Waals surface area contributed by atoms with Gasteiger partial charge < -0.3 is 10.2 Å². The van der Waals surface area contributed by atoms with Crippen molar-refractivity contribution in [2.45, 2.75) is 36.7 Å². The summed E-state index contributed by atoms with van der Waals surface area (Å²) in [6.45, 7) is 2.84. The topological polar surface area (TPSA) is 96.3 Å². The van der Waals surface area contributed by atoms with Crippen LogP contribution in [0.3, 0.4) is 0 Å². The number of aromatic nitrogens is 2. The third-order valence-corrected chi connectivity index (χ3v) is 5.33. The Labute approximate surface area is 143 Å². The minimum atomic E-state index is -3.74. The Morgan fingerprint density at radius 1 is 1.48 bits per heavy atom. The van der Waals surface area contributed by atoms with Gasteiger partial charge in [-0.1, -0.05) is 0 Å². The number of likely N-dealkylation sites (tertiary alicyclic amines) is 1. The van der Waals surface area contributed by atoms with Crippen LogP contribution >= 0.6 is 12.4 Å². The first-order valence-corrected chi connectivity index (χ1v) is 8.79. The van der Waals surface area contributed by atoms with E-state index >= 15 is 0 Å². The van der Waals surface area contributed by atoms with Gasteiger partial charge in [0.2, 0.25) is 15.9 Å². The Morgan fingerprint density at radius 3 is 2.74 bits per heavy atom. The summed E-state index contributed by atoms with van der Waals surface area (Å²) in [4.78, 5) is 14.2. The third kappa shape index (κ3) is 4.90. The lowest BCUT2D eigenvalue weighted by Crippen LogP contribution is -2.53.